The van der Waals surface area contributed by atoms with E-state index in [9.17, 15) is 28.7 Å². The molecule has 254 valence electrons. The van der Waals surface area contributed by atoms with Crippen LogP contribution in [0.15, 0.2) is 46.6 Å². The maximum atomic E-state index is 17.7. The van der Waals surface area contributed by atoms with Gasteiger partial charge in [-0.25, -0.2) is 18.0 Å². The molecule has 0 amide bonds. The van der Waals surface area contributed by atoms with Crippen molar-refractivity contribution in [1.82, 2.24) is 0 Å². The Kier molecular flexibility index (Phi) is 9.16. The first kappa shape index (κ1) is 35.0. The molecule has 8 nitrogen and oxygen atoms in total. The van der Waals surface area contributed by atoms with Crippen LogP contribution in [0.25, 0.3) is 0 Å². The molecule has 1 heterocycles. The number of hydrogen-bond donors (Lipinski definition) is 1. The van der Waals surface area contributed by atoms with Gasteiger partial charge in [0.1, 0.15) is 12.8 Å². The third-order valence-corrected chi connectivity index (χ3v) is 11.9. The third kappa shape index (κ3) is 5.28. The number of alkyl halides is 3. The molecule has 0 spiro atoms. The molecule has 4 aliphatic carbocycles. The number of rotatable bonds is 7. The molecule has 12 heteroatoms. The molecular formula is C35H39F3O8S. The molecule has 0 saturated heterocycles. The molecule has 0 aliphatic heterocycles. The molecule has 0 aromatic carbocycles. The lowest BCUT2D eigenvalue weighted by Crippen LogP contribution is -2.70. The Morgan fingerprint density at radius 1 is 1.19 bits per heavy atom. The van der Waals surface area contributed by atoms with E-state index in [0.717, 1.165) is 17.8 Å². The minimum atomic E-state index is -2.38. The van der Waals surface area contributed by atoms with Crippen molar-refractivity contribution in [3.63, 3.8) is 0 Å². The number of carbonyl (C=O) groups is 4. The van der Waals surface area contributed by atoms with Crippen LogP contribution in [0.5, 0.6) is 0 Å². The Hall–Kier alpha value is -3.30. The average Bonchev–Trinajstić information content (AvgIpc) is 3.63. The first-order valence-corrected chi connectivity index (χ1v) is 16.6. The van der Waals surface area contributed by atoms with Crippen LogP contribution in [-0.2, 0) is 23.9 Å². The predicted octanol–water partition coefficient (Wildman–Crippen LogP) is 5.54. The van der Waals surface area contributed by atoms with Gasteiger partial charge in [0.2, 0.25) is 10.9 Å². The van der Waals surface area contributed by atoms with Gasteiger partial charge >= 0.3 is 11.9 Å². The number of aliphatic hydroxyl groups excluding tert-OH is 1. The average molecular weight is 677 g/mol. The maximum absolute atomic E-state index is 17.7. The van der Waals surface area contributed by atoms with E-state index < -0.39 is 87.1 Å². The molecule has 1 N–H and O–H groups in total. The summed E-state index contributed by atoms with van der Waals surface area (Å²) >= 11 is 0.759. The highest BCUT2D eigenvalue weighted by Crippen LogP contribution is 2.72. The number of halogens is 3. The molecule has 9 atom stereocenters. The second-order valence-corrected chi connectivity index (χ2v) is 15.1. The van der Waals surface area contributed by atoms with Crippen molar-refractivity contribution in [2.45, 2.75) is 77.4 Å². The van der Waals surface area contributed by atoms with Gasteiger partial charge in [0.05, 0.1) is 23.5 Å². The summed E-state index contributed by atoms with van der Waals surface area (Å²) in [5.41, 5.74) is -8.55. The summed E-state index contributed by atoms with van der Waals surface area (Å²) in [6.45, 7) is 6.45. The summed E-state index contributed by atoms with van der Waals surface area (Å²) in [5, 5.41) is 11.2. The van der Waals surface area contributed by atoms with Crippen molar-refractivity contribution >= 4 is 34.6 Å². The van der Waals surface area contributed by atoms with Gasteiger partial charge in [-0.15, -0.1) is 0 Å². The summed E-state index contributed by atoms with van der Waals surface area (Å²) in [6.07, 6.45) is 1.12. The van der Waals surface area contributed by atoms with Crippen LogP contribution in [0.2, 0.25) is 0 Å². The Balaban J connectivity index is 1.47. The molecule has 0 radical (unpaired) electrons. The van der Waals surface area contributed by atoms with E-state index in [-0.39, 0.29) is 43.0 Å². The summed E-state index contributed by atoms with van der Waals surface area (Å²) in [7, 11) is 0. The van der Waals surface area contributed by atoms with Gasteiger partial charge in [-0.2, -0.15) is 0 Å². The van der Waals surface area contributed by atoms with Crippen LogP contribution < -0.4 is 0 Å². The molecule has 3 fully saturated rings. The zero-order valence-electron chi connectivity index (χ0n) is 26.9. The summed E-state index contributed by atoms with van der Waals surface area (Å²) < 4.78 is 63.0. The summed E-state index contributed by atoms with van der Waals surface area (Å²) in [4.78, 5) is 51.9. The van der Waals surface area contributed by atoms with Crippen molar-refractivity contribution in [2.75, 3.05) is 19.0 Å². The summed E-state index contributed by atoms with van der Waals surface area (Å²) in [6, 6.07) is 2.87. The second-order valence-electron chi connectivity index (χ2n) is 14.1. The van der Waals surface area contributed by atoms with Gasteiger partial charge in [-0.1, -0.05) is 43.5 Å². The van der Waals surface area contributed by atoms with E-state index in [1.165, 1.54) is 51.3 Å². The fourth-order valence-corrected chi connectivity index (χ4v) is 9.47. The smallest absolute Gasteiger partial charge is 0.375 e. The highest BCUT2D eigenvalue weighted by atomic mass is 32.2. The molecule has 0 unspecified atom stereocenters. The van der Waals surface area contributed by atoms with Crippen molar-refractivity contribution in [1.29, 1.82) is 0 Å². The number of ether oxygens (including phenoxy) is 2. The van der Waals surface area contributed by atoms with Crippen LogP contribution in [-0.4, -0.2) is 70.5 Å². The maximum Gasteiger partial charge on any atom is 0.375 e. The van der Waals surface area contributed by atoms with Gasteiger partial charge in [-0.3, -0.25) is 14.4 Å². The standard InChI is InChI=1S/C35H39F3O8S/c1-20-15-22-23-17-25(37)24-16-21(39)10-11-32(24,4)34(23,38)27(40)18-33(22,5)35(20,46-28(41)26-9-8-13-44-26)30(43)47-14-7-6-12-45-29(42)31(2,3)19-36/h8-11,13,16,20,22-23,25,27,40H,12,14-15,17-19H2,1-5H3/t20-,22+,23+,25+,27+,32+,33+,34+,35+/m1/s1. The molecule has 0 bridgehead atoms. The largest absolute Gasteiger partial charge is 0.457 e. The number of carbonyl (C=O) groups excluding carboxylic acids is 4. The number of esters is 2. The van der Waals surface area contributed by atoms with E-state index in [2.05, 4.69) is 11.8 Å². The Morgan fingerprint density at radius 2 is 1.91 bits per heavy atom. The van der Waals surface area contributed by atoms with E-state index in [0.29, 0.717) is 0 Å². The van der Waals surface area contributed by atoms with Crippen LogP contribution in [0.3, 0.4) is 0 Å². The van der Waals surface area contributed by atoms with Gasteiger partial charge in [0, 0.05) is 22.7 Å². The third-order valence-electron chi connectivity index (χ3n) is 11.0. The topological polar surface area (TPSA) is 120 Å². The van der Waals surface area contributed by atoms with Crippen molar-refractivity contribution in [3.05, 3.63) is 48.0 Å². The number of hydrogen-bond acceptors (Lipinski definition) is 9. The van der Waals surface area contributed by atoms with Gasteiger partial charge in [-0.05, 0) is 75.8 Å². The van der Waals surface area contributed by atoms with Gasteiger partial charge < -0.3 is 19.0 Å². The molecule has 5 rings (SSSR count). The Bertz CT molecular complexity index is 1580. The zero-order chi connectivity index (χ0) is 34.6. The first-order valence-electron chi connectivity index (χ1n) is 15.6. The normalized spacial score (nSPS) is 37.4. The van der Waals surface area contributed by atoms with Crippen LogP contribution in [0, 0.1) is 45.8 Å². The predicted molar refractivity (Wildman–Crippen MR) is 166 cm³/mol. The molecule has 1 aromatic heterocycles. The Morgan fingerprint density at radius 3 is 2.57 bits per heavy atom. The number of aliphatic hydroxyl groups is 1. The second kappa shape index (κ2) is 12.3. The van der Waals surface area contributed by atoms with Crippen molar-refractivity contribution in [3.8, 4) is 11.8 Å². The van der Waals surface area contributed by atoms with E-state index in [4.69, 9.17) is 13.9 Å². The van der Waals surface area contributed by atoms with Crippen molar-refractivity contribution < 1.29 is 51.3 Å². The lowest BCUT2D eigenvalue weighted by molar-refractivity contribution is -0.221. The first-order chi connectivity index (χ1) is 22.0. The van der Waals surface area contributed by atoms with E-state index in [1.54, 1.807) is 13.8 Å². The van der Waals surface area contributed by atoms with E-state index in [1.807, 2.05) is 0 Å². The van der Waals surface area contributed by atoms with Gasteiger partial charge in [0.15, 0.2) is 23.7 Å². The fourth-order valence-electron chi connectivity index (χ4n) is 8.47. The fraction of sp³-hybridized carbons (Fsp3) is 0.600. The van der Waals surface area contributed by atoms with Gasteiger partial charge in [0.25, 0.3) is 0 Å². The van der Waals surface area contributed by atoms with Crippen molar-refractivity contribution in [2.24, 2.45) is 34.0 Å². The highest BCUT2D eigenvalue weighted by Gasteiger charge is 2.78. The number of allylic oxidation sites excluding steroid dienone is 4. The lowest BCUT2D eigenvalue weighted by atomic mass is 9.44. The number of furan rings is 1. The zero-order valence-corrected chi connectivity index (χ0v) is 27.8. The number of fused-ring (bicyclic) bond motifs is 5. The summed E-state index contributed by atoms with van der Waals surface area (Å²) in [5.74, 6) is 0.496. The van der Waals surface area contributed by atoms with Crippen LogP contribution >= 0.6 is 11.8 Å². The quantitative estimate of drug-likeness (QED) is 0.293. The monoisotopic (exact) mass is 676 g/mol. The molecule has 47 heavy (non-hydrogen) atoms. The Labute approximate surface area is 275 Å². The molecular weight excluding hydrogens is 637 g/mol. The molecule has 4 aliphatic rings. The number of thioether (sulfide) groups is 1. The molecule has 1 aromatic rings. The van der Waals surface area contributed by atoms with E-state index >= 15 is 8.78 Å². The van der Waals surface area contributed by atoms with Crippen LogP contribution in [0.4, 0.5) is 13.2 Å². The SMILES string of the molecule is C[C@@H]1C[C@H]2[C@@H]3C[C@H](F)C4=CC(=O)C=C[C@]4(C)[C@@]3(F)[C@@H](O)C[C@]2(C)[C@@]1(OC(=O)c1ccco1)C(=O)SCC#CCOC(=O)C(C)(C)CF. The molecule has 3 saturated carbocycles. The number of ketones is 1. The minimum absolute atomic E-state index is 0.0166. The minimum Gasteiger partial charge on any atom is -0.457 e. The van der Waals surface area contributed by atoms with Crippen LogP contribution in [0.1, 0.15) is 64.4 Å². The lowest BCUT2D eigenvalue weighted by Gasteiger charge is -2.63. The highest BCUT2D eigenvalue weighted by molar-refractivity contribution is 8.14.